The van der Waals surface area contributed by atoms with E-state index in [0.717, 1.165) is 27.7 Å². The van der Waals surface area contributed by atoms with Crippen LogP contribution in [0.1, 0.15) is 42.6 Å². The Morgan fingerprint density at radius 3 is 2.69 bits per heavy atom. The summed E-state index contributed by atoms with van der Waals surface area (Å²) >= 11 is 0. The van der Waals surface area contributed by atoms with Crippen molar-refractivity contribution in [1.29, 1.82) is 0 Å². The second-order valence-corrected chi connectivity index (χ2v) is 8.27. The fourth-order valence-electron chi connectivity index (χ4n) is 4.67. The number of amides is 1. The molecule has 0 saturated carbocycles. The van der Waals surface area contributed by atoms with Crippen LogP contribution in [0.3, 0.4) is 0 Å². The second kappa shape index (κ2) is 9.02. The third-order valence-electron chi connectivity index (χ3n) is 6.36. The van der Waals surface area contributed by atoms with Gasteiger partial charge in [-0.15, -0.1) is 0 Å². The number of likely N-dealkylation sites (N-methyl/N-ethyl adjacent to an activating group) is 1. The topological polar surface area (TPSA) is 71.8 Å². The zero-order valence-electron chi connectivity index (χ0n) is 18.3. The van der Waals surface area contributed by atoms with Crippen molar-refractivity contribution in [2.75, 3.05) is 7.05 Å². The molecular formula is C25H27FN2O4. The molecule has 3 aromatic rings. The number of carbonyl (C=O) groups excluding carboxylic acids is 1. The van der Waals surface area contributed by atoms with Crippen molar-refractivity contribution in [3.63, 3.8) is 0 Å². The van der Waals surface area contributed by atoms with Gasteiger partial charge in [-0.25, -0.2) is 14.0 Å². The molecule has 1 aromatic heterocycles. The van der Waals surface area contributed by atoms with Gasteiger partial charge in [0.1, 0.15) is 18.5 Å². The van der Waals surface area contributed by atoms with Crippen LogP contribution in [-0.4, -0.2) is 39.7 Å². The first-order chi connectivity index (χ1) is 15.4. The molecule has 32 heavy (non-hydrogen) atoms. The van der Waals surface area contributed by atoms with Gasteiger partial charge in [-0.2, -0.15) is 0 Å². The fourth-order valence-corrected chi connectivity index (χ4v) is 4.67. The maximum absolute atomic E-state index is 14.1. The molecule has 0 bridgehead atoms. The smallest absolute Gasteiger partial charge is 0.410 e. The number of carboxylic acids is 1. The number of nitrogens with zero attached hydrogens (tertiary/aromatic N) is 2. The highest BCUT2D eigenvalue weighted by Gasteiger charge is 2.33. The van der Waals surface area contributed by atoms with Crippen molar-refractivity contribution in [1.82, 2.24) is 9.47 Å². The molecule has 7 heteroatoms. The van der Waals surface area contributed by atoms with Gasteiger partial charge in [0.05, 0.1) is 0 Å². The van der Waals surface area contributed by atoms with Crippen molar-refractivity contribution < 1.29 is 23.8 Å². The van der Waals surface area contributed by atoms with Gasteiger partial charge in [0.15, 0.2) is 0 Å². The van der Waals surface area contributed by atoms with Gasteiger partial charge < -0.3 is 19.3 Å². The monoisotopic (exact) mass is 438 g/mol. The number of fused-ring (bicyclic) bond motifs is 3. The lowest BCUT2D eigenvalue weighted by Gasteiger charge is -2.32. The molecule has 0 spiro atoms. The number of carbonyl (C=O) groups is 2. The van der Waals surface area contributed by atoms with Crippen LogP contribution in [0.5, 0.6) is 0 Å². The summed E-state index contributed by atoms with van der Waals surface area (Å²) in [5.41, 5.74) is 3.47. The van der Waals surface area contributed by atoms with E-state index < -0.39 is 18.1 Å². The van der Waals surface area contributed by atoms with Crippen molar-refractivity contribution in [2.45, 2.75) is 51.3 Å². The number of aromatic nitrogens is 1. The first-order valence-corrected chi connectivity index (χ1v) is 10.9. The summed E-state index contributed by atoms with van der Waals surface area (Å²) < 4.78 is 21.4. The number of aliphatic carboxylic acids is 1. The van der Waals surface area contributed by atoms with E-state index in [1.54, 1.807) is 18.0 Å². The van der Waals surface area contributed by atoms with Gasteiger partial charge in [-0.3, -0.25) is 0 Å². The van der Waals surface area contributed by atoms with Crippen molar-refractivity contribution in [2.24, 2.45) is 0 Å². The van der Waals surface area contributed by atoms with E-state index in [4.69, 9.17) is 4.74 Å². The van der Waals surface area contributed by atoms with Gasteiger partial charge >= 0.3 is 12.1 Å². The van der Waals surface area contributed by atoms with Crippen LogP contribution in [0.15, 0.2) is 48.5 Å². The van der Waals surface area contributed by atoms with Crippen LogP contribution >= 0.6 is 0 Å². The fraction of sp³-hybridized carbons (Fsp3) is 0.360. The van der Waals surface area contributed by atoms with E-state index >= 15 is 0 Å². The average Bonchev–Trinajstić information content (AvgIpc) is 3.10. The summed E-state index contributed by atoms with van der Waals surface area (Å²) in [4.78, 5) is 26.2. The lowest BCUT2D eigenvalue weighted by molar-refractivity contribution is -0.140. The molecule has 2 aromatic carbocycles. The van der Waals surface area contributed by atoms with Crippen molar-refractivity contribution in [3.05, 3.63) is 71.2 Å². The Balaban J connectivity index is 1.60. The molecule has 0 radical (unpaired) electrons. The molecule has 0 aliphatic heterocycles. The van der Waals surface area contributed by atoms with E-state index in [0.29, 0.717) is 25.7 Å². The molecule has 1 heterocycles. The number of carboxylic acid groups (broad SMARTS) is 1. The number of hydrogen-bond acceptors (Lipinski definition) is 3. The minimum absolute atomic E-state index is 0.113. The Labute approximate surface area is 186 Å². The SMILES string of the molecule is CCC(C(=O)O)n1c2c(c3cc(F)ccc31)CC(N(C)C(=O)OCc1ccccc1)CC2. The predicted molar refractivity (Wildman–Crippen MR) is 119 cm³/mol. The maximum Gasteiger partial charge on any atom is 0.410 e. The van der Waals surface area contributed by atoms with Crippen LogP contribution in [0, 0.1) is 5.82 Å². The summed E-state index contributed by atoms with van der Waals surface area (Å²) in [5, 5.41) is 10.5. The van der Waals surface area contributed by atoms with Gasteiger partial charge in [-0.1, -0.05) is 37.3 Å². The Bertz CT molecular complexity index is 1140. The molecule has 2 atom stereocenters. The Kier molecular flexibility index (Phi) is 6.17. The van der Waals surface area contributed by atoms with Crippen LogP contribution < -0.4 is 0 Å². The Hall–Kier alpha value is -3.35. The summed E-state index contributed by atoms with van der Waals surface area (Å²) in [6.45, 7) is 2.03. The van der Waals surface area contributed by atoms with Crippen LogP contribution in [0.25, 0.3) is 10.9 Å². The quantitative estimate of drug-likeness (QED) is 0.592. The number of hydrogen-bond donors (Lipinski definition) is 1. The first-order valence-electron chi connectivity index (χ1n) is 10.9. The lowest BCUT2D eigenvalue weighted by atomic mass is 9.90. The molecule has 1 aliphatic carbocycles. The third-order valence-corrected chi connectivity index (χ3v) is 6.36. The maximum atomic E-state index is 14.1. The third kappa shape index (κ3) is 4.07. The molecular weight excluding hydrogens is 411 g/mol. The van der Waals surface area contributed by atoms with Gasteiger partial charge in [0, 0.05) is 29.7 Å². The highest BCUT2D eigenvalue weighted by atomic mass is 19.1. The highest BCUT2D eigenvalue weighted by molar-refractivity contribution is 5.88. The van der Waals surface area contributed by atoms with Crippen LogP contribution in [0.2, 0.25) is 0 Å². The molecule has 0 fully saturated rings. The van der Waals surface area contributed by atoms with E-state index in [1.807, 2.05) is 41.8 Å². The van der Waals surface area contributed by atoms with Crippen LogP contribution in [0.4, 0.5) is 9.18 Å². The minimum atomic E-state index is -0.903. The molecule has 1 amide bonds. The molecule has 6 nitrogen and oxygen atoms in total. The van der Waals surface area contributed by atoms with E-state index in [2.05, 4.69) is 0 Å². The Morgan fingerprint density at radius 2 is 2.00 bits per heavy atom. The summed E-state index contributed by atoms with van der Waals surface area (Å²) in [5.74, 6) is -1.26. The second-order valence-electron chi connectivity index (χ2n) is 8.27. The summed E-state index contributed by atoms with van der Waals surface area (Å²) in [6.07, 6.45) is 1.83. The molecule has 2 unspecified atom stereocenters. The van der Waals surface area contributed by atoms with Gasteiger partial charge in [0.25, 0.3) is 0 Å². The molecule has 0 saturated heterocycles. The largest absolute Gasteiger partial charge is 0.480 e. The standard InChI is InChI=1S/C25H27FN2O4/c1-3-21(24(29)30)28-22-11-9-17(26)13-19(22)20-14-18(10-12-23(20)28)27(2)25(31)32-15-16-7-5-4-6-8-16/h4-9,11,13,18,21H,3,10,12,14-15H2,1-2H3,(H,29,30). The van der Waals surface area contributed by atoms with Gasteiger partial charge in [-0.05, 0) is 55.0 Å². The van der Waals surface area contributed by atoms with Gasteiger partial charge in [0.2, 0.25) is 0 Å². The Morgan fingerprint density at radius 1 is 1.25 bits per heavy atom. The summed E-state index contributed by atoms with van der Waals surface area (Å²) in [7, 11) is 1.72. The molecule has 4 rings (SSSR count). The predicted octanol–water partition coefficient (Wildman–Crippen LogP) is 4.94. The average molecular weight is 438 g/mol. The minimum Gasteiger partial charge on any atom is -0.480 e. The molecule has 168 valence electrons. The highest BCUT2D eigenvalue weighted by Crippen LogP contribution is 2.37. The normalized spacial score (nSPS) is 16.4. The van der Waals surface area contributed by atoms with E-state index in [-0.39, 0.29) is 18.5 Å². The zero-order valence-corrected chi connectivity index (χ0v) is 18.3. The van der Waals surface area contributed by atoms with E-state index in [9.17, 15) is 19.1 Å². The number of rotatable bonds is 6. The number of ether oxygens (including phenoxy) is 1. The first kappa shape index (κ1) is 21.9. The van der Waals surface area contributed by atoms with Crippen molar-refractivity contribution >= 4 is 23.0 Å². The molecule has 1 N–H and O–H groups in total. The summed E-state index contributed by atoms with van der Waals surface area (Å²) in [6, 6.07) is 13.2. The van der Waals surface area contributed by atoms with E-state index in [1.165, 1.54) is 12.1 Å². The lowest BCUT2D eigenvalue weighted by Crippen LogP contribution is -2.41. The number of benzene rings is 2. The number of halogens is 1. The van der Waals surface area contributed by atoms with Crippen molar-refractivity contribution in [3.8, 4) is 0 Å². The van der Waals surface area contributed by atoms with Crippen LogP contribution in [-0.2, 0) is 29.0 Å². The zero-order chi connectivity index (χ0) is 22.8. The molecule has 1 aliphatic rings.